The van der Waals surface area contributed by atoms with Crippen LogP contribution in [0.15, 0.2) is 42.5 Å². The van der Waals surface area contributed by atoms with Gasteiger partial charge >= 0.3 is 0 Å². The van der Waals surface area contributed by atoms with E-state index in [1.807, 2.05) is 25.1 Å². The minimum absolute atomic E-state index is 0.118. The number of nitrogens with one attached hydrogen (secondary N) is 1. The van der Waals surface area contributed by atoms with Crippen molar-refractivity contribution in [3.63, 3.8) is 0 Å². The average Bonchev–Trinajstić information content (AvgIpc) is 3.46. The molecule has 158 valence electrons. The highest BCUT2D eigenvalue weighted by atomic mass is 35.5. The molecule has 1 N–H and O–H groups in total. The number of carbonyl (C=O) groups excluding carboxylic acids is 3. The molecule has 3 saturated heterocycles. The van der Waals surface area contributed by atoms with Crippen molar-refractivity contribution in [2.24, 2.45) is 11.8 Å². The summed E-state index contributed by atoms with van der Waals surface area (Å²) in [5.41, 5.74) is 2.03. The minimum atomic E-state index is -1.13. The van der Waals surface area contributed by atoms with Gasteiger partial charge in [-0.15, -0.1) is 0 Å². The molecule has 6 nitrogen and oxygen atoms in total. The van der Waals surface area contributed by atoms with E-state index in [1.165, 1.54) is 4.90 Å². The van der Waals surface area contributed by atoms with Crippen molar-refractivity contribution in [2.45, 2.75) is 37.8 Å². The second kappa shape index (κ2) is 6.40. The van der Waals surface area contributed by atoms with Crippen LogP contribution >= 0.6 is 11.6 Å². The standard InChI is InChI=1S/C24H22ClN3O3/c1-2-13-6-3-9-16-20(13)26-23(31)24(16)19-18(17-10-5-11-27(17)24)21(29)28(22(19)30)15-8-4-7-14(25)12-15/h3-4,6-9,12,17-19H,2,5,10-11H2,1H3,(H,26,31). The Morgan fingerprint density at radius 1 is 1.13 bits per heavy atom. The van der Waals surface area contributed by atoms with Gasteiger partial charge < -0.3 is 5.32 Å². The number of para-hydroxylation sites is 1. The molecule has 4 aliphatic heterocycles. The molecular formula is C24H22ClN3O3. The number of fused-ring (bicyclic) bond motifs is 7. The molecule has 1 spiro atoms. The van der Waals surface area contributed by atoms with Crippen LogP contribution in [0.25, 0.3) is 0 Å². The van der Waals surface area contributed by atoms with E-state index in [0.29, 0.717) is 17.3 Å². The van der Waals surface area contributed by atoms with Crippen molar-refractivity contribution in [2.75, 3.05) is 16.8 Å². The van der Waals surface area contributed by atoms with Gasteiger partial charge in [-0.3, -0.25) is 19.3 Å². The van der Waals surface area contributed by atoms with Crippen molar-refractivity contribution in [1.29, 1.82) is 0 Å². The van der Waals surface area contributed by atoms with Gasteiger partial charge in [0.1, 0.15) is 5.54 Å². The summed E-state index contributed by atoms with van der Waals surface area (Å²) in [6.07, 6.45) is 2.49. The maximum atomic E-state index is 13.9. The molecule has 0 aliphatic carbocycles. The molecule has 6 rings (SSSR count). The first-order chi connectivity index (χ1) is 15.0. The van der Waals surface area contributed by atoms with E-state index in [0.717, 1.165) is 36.1 Å². The summed E-state index contributed by atoms with van der Waals surface area (Å²) in [7, 11) is 0. The van der Waals surface area contributed by atoms with Crippen LogP contribution < -0.4 is 10.2 Å². The minimum Gasteiger partial charge on any atom is -0.324 e. The third kappa shape index (κ3) is 2.19. The molecule has 31 heavy (non-hydrogen) atoms. The van der Waals surface area contributed by atoms with Gasteiger partial charge in [-0.05, 0) is 49.6 Å². The fourth-order valence-electron chi connectivity index (χ4n) is 6.46. The van der Waals surface area contributed by atoms with Crippen molar-refractivity contribution in [3.8, 4) is 0 Å². The number of nitrogens with zero attached hydrogens (tertiary/aromatic N) is 2. The molecule has 2 aromatic rings. The highest BCUT2D eigenvalue weighted by Crippen LogP contribution is 2.61. The Kier molecular flexibility index (Phi) is 3.93. The zero-order valence-corrected chi connectivity index (χ0v) is 17.9. The molecule has 7 heteroatoms. The highest BCUT2D eigenvalue weighted by molar-refractivity contribution is 6.31. The number of aryl methyl sites for hydroxylation is 1. The van der Waals surface area contributed by atoms with E-state index in [9.17, 15) is 14.4 Å². The lowest BCUT2D eigenvalue weighted by Crippen LogP contribution is -2.54. The first-order valence-electron chi connectivity index (χ1n) is 10.8. The topological polar surface area (TPSA) is 69.7 Å². The van der Waals surface area contributed by atoms with Crippen molar-refractivity contribution >= 4 is 40.7 Å². The van der Waals surface area contributed by atoms with E-state index in [2.05, 4.69) is 10.2 Å². The Bertz CT molecular complexity index is 1160. The number of amides is 3. The normalized spacial score (nSPS) is 31.4. The molecule has 3 fully saturated rings. The Morgan fingerprint density at radius 2 is 1.94 bits per heavy atom. The largest absolute Gasteiger partial charge is 0.324 e. The fourth-order valence-corrected chi connectivity index (χ4v) is 6.64. The quantitative estimate of drug-likeness (QED) is 0.734. The Hall–Kier alpha value is -2.70. The predicted molar refractivity (Wildman–Crippen MR) is 117 cm³/mol. The smallest absolute Gasteiger partial charge is 0.250 e. The van der Waals surface area contributed by atoms with Gasteiger partial charge in [0.15, 0.2) is 0 Å². The number of carbonyl (C=O) groups is 3. The summed E-state index contributed by atoms with van der Waals surface area (Å²) < 4.78 is 0. The summed E-state index contributed by atoms with van der Waals surface area (Å²) in [5.74, 6) is -1.99. The van der Waals surface area contributed by atoms with Crippen molar-refractivity contribution < 1.29 is 14.4 Å². The van der Waals surface area contributed by atoms with Crippen LogP contribution in [0.4, 0.5) is 11.4 Å². The summed E-state index contributed by atoms with van der Waals surface area (Å²) in [5, 5.41) is 3.55. The van der Waals surface area contributed by atoms with Crippen molar-refractivity contribution in [1.82, 2.24) is 4.90 Å². The number of benzene rings is 2. The monoisotopic (exact) mass is 435 g/mol. The van der Waals surface area contributed by atoms with Gasteiger partial charge in [0, 0.05) is 22.3 Å². The predicted octanol–water partition coefficient (Wildman–Crippen LogP) is 3.33. The first kappa shape index (κ1) is 19.0. The van der Waals surface area contributed by atoms with E-state index < -0.39 is 17.4 Å². The summed E-state index contributed by atoms with van der Waals surface area (Å²) >= 11 is 6.15. The average molecular weight is 436 g/mol. The number of halogens is 1. The molecule has 4 heterocycles. The van der Waals surface area contributed by atoms with Gasteiger partial charge in [-0.1, -0.05) is 42.8 Å². The van der Waals surface area contributed by atoms with Crippen LogP contribution in [-0.2, 0) is 26.3 Å². The lowest BCUT2D eigenvalue weighted by Gasteiger charge is -2.36. The molecular weight excluding hydrogens is 414 g/mol. The molecule has 0 saturated carbocycles. The lowest BCUT2D eigenvalue weighted by molar-refractivity contribution is -0.135. The Labute approximate surface area is 185 Å². The zero-order valence-electron chi connectivity index (χ0n) is 17.1. The summed E-state index contributed by atoms with van der Waals surface area (Å²) in [4.78, 5) is 44.6. The summed E-state index contributed by atoms with van der Waals surface area (Å²) in [6.45, 7) is 2.76. The van der Waals surface area contributed by atoms with E-state index in [4.69, 9.17) is 11.6 Å². The van der Waals surface area contributed by atoms with E-state index >= 15 is 0 Å². The van der Waals surface area contributed by atoms with E-state index in [1.54, 1.807) is 24.3 Å². The van der Waals surface area contributed by atoms with Crippen LogP contribution in [0, 0.1) is 11.8 Å². The fraction of sp³-hybridized carbons (Fsp3) is 0.375. The molecule has 4 aliphatic rings. The first-order valence-corrected chi connectivity index (χ1v) is 11.2. The van der Waals surface area contributed by atoms with Crippen LogP contribution in [0.5, 0.6) is 0 Å². The molecule has 0 aromatic heterocycles. The second-order valence-electron chi connectivity index (χ2n) is 8.81. The SMILES string of the molecule is CCc1cccc2c1NC(=O)C21C2C(=O)N(c3cccc(Cl)c3)C(=O)C2C2CCCN21. The number of imide groups is 1. The maximum Gasteiger partial charge on any atom is 0.250 e. The van der Waals surface area contributed by atoms with Gasteiger partial charge in [0.05, 0.1) is 17.5 Å². The summed E-state index contributed by atoms with van der Waals surface area (Å²) in [6, 6.07) is 12.6. The molecule has 2 aromatic carbocycles. The number of hydrogen-bond donors (Lipinski definition) is 1. The van der Waals surface area contributed by atoms with Crippen molar-refractivity contribution in [3.05, 3.63) is 58.6 Å². The maximum absolute atomic E-state index is 13.9. The zero-order chi connectivity index (χ0) is 21.5. The highest BCUT2D eigenvalue weighted by Gasteiger charge is 2.74. The van der Waals surface area contributed by atoms with Crippen LogP contribution in [-0.4, -0.2) is 35.2 Å². The third-order valence-electron chi connectivity index (χ3n) is 7.56. The Morgan fingerprint density at radius 3 is 2.71 bits per heavy atom. The van der Waals surface area contributed by atoms with Gasteiger partial charge in [-0.2, -0.15) is 0 Å². The molecule has 4 atom stereocenters. The number of hydrogen-bond acceptors (Lipinski definition) is 4. The van der Waals surface area contributed by atoms with Crippen LogP contribution in [0.3, 0.4) is 0 Å². The molecule has 0 radical (unpaired) electrons. The van der Waals surface area contributed by atoms with E-state index in [-0.39, 0.29) is 23.8 Å². The van der Waals surface area contributed by atoms with Gasteiger partial charge in [-0.25, -0.2) is 4.90 Å². The molecule has 3 amide bonds. The van der Waals surface area contributed by atoms with Crippen LogP contribution in [0.2, 0.25) is 5.02 Å². The molecule has 4 unspecified atom stereocenters. The van der Waals surface area contributed by atoms with Gasteiger partial charge in [0.2, 0.25) is 17.7 Å². The second-order valence-corrected chi connectivity index (χ2v) is 9.25. The van der Waals surface area contributed by atoms with Crippen LogP contribution in [0.1, 0.15) is 30.9 Å². The number of anilines is 2. The molecule has 0 bridgehead atoms. The third-order valence-corrected chi connectivity index (χ3v) is 7.80. The number of rotatable bonds is 2. The lowest BCUT2D eigenvalue weighted by atomic mass is 9.75. The van der Waals surface area contributed by atoms with Gasteiger partial charge in [0.25, 0.3) is 0 Å². The Balaban J connectivity index is 1.57.